The molecule has 2 aromatic rings. The lowest BCUT2D eigenvalue weighted by atomic mass is 10.1. The molecule has 1 unspecified atom stereocenters. The highest BCUT2D eigenvalue weighted by Gasteiger charge is 2.33. The standard InChI is InChI=1S/C19H21N5O3S/c1-12-8-24(9-16(27-12)19(25)23-7-13-10-28(26)11-13)15-3-2-14(6-20)17-18(15)22-5-4-21-17/h2-5,12-13,16H,7-11H2,1H3,(H,23,25)/t12?,13?,16-,28?/m1/s1. The molecule has 4 rings (SSSR count). The lowest BCUT2D eigenvalue weighted by molar-refractivity contribution is -0.137. The largest absolute Gasteiger partial charge is 0.364 e. The summed E-state index contributed by atoms with van der Waals surface area (Å²) in [5.74, 6) is 1.45. The molecule has 3 heterocycles. The third-order valence-electron chi connectivity index (χ3n) is 5.03. The Morgan fingerprint density at radius 1 is 1.32 bits per heavy atom. The molecule has 0 spiro atoms. The van der Waals surface area contributed by atoms with Crippen LogP contribution < -0.4 is 10.2 Å². The second-order valence-corrected chi connectivity index (χ2v) is 8.77. The molecule has 0 saturated carbocycles. The van der Waals surface area contributed by atoms with E-state index in [0.717, 1.165) is 5.69 Å². The van der Waals surface area contributed by atoms with Crippen molar-refractivity contribution in [3.05, 3.63) is 30.1 Å². The number of hydrogen-bond donors (Lipinski definition) is 1. The van der Waals surface area contributed by atoms with E-state index in [9.17, 15) is 14.3 Å². The Morgan fingerprint density at radius 3 is 2.79 bits per heavy atom. The summed E-state index contributed by atoms with van der Waals surface area (Å²) in [5, 5.41) is 12.2. The summed E-state index contributed by atoms with van der Waals surface area (Å²) < 4.78 is 17.0. The summed E-state index contributed by atoms with van der Waals surface area (Å²) in [7, 11) is -0.721. The first kappa shape index (κ1) is 18.8. The van der Waals surface area contributed by atoms with Gasteiger partial charge in [-0.2, -0.15) is 5.26 Å². The molecule has 2 aliphatic rings. The number of fused-ring (bicyclic) bond motifs is 1. The molecule has 2 atom stereocenters. The van der Waals surface area contributed by atoms with E-state index in [1.165, 1.54) is 0 Å². The van der Waals surface area contributed by atoms with E-state index in [2.05, 4.69) is 26.3 Å². The molecule has 2 saturated heterocycles. The average Bonchev–Trinajstić information content (AvgIpc) is 2.68. The Balaban J connectivity index is 1.52. The van der Waals surface area contributed by atoms with Gasteiger partial charge in [-0.05, 0) is 25.0 Å². The van der Waals surface area contributed by atoms with E-state index < -0.39 is 16.9 Å². The maximum atomic E-state index is 12.6. The van der Waals surface area contributed by atoms with Gasteiger partial charge in [0.1, 0.15) is 17.1 Å². The number of carbonyl (C=O) groups is 1. The SMILES string of the molecule is CC1CN(c2ccc(C#N)c3nccnc23)C[C@H](C(=O)NCC2CS(=O)C2)O1. The minimum Gasteiger partial charge on any atom is -0.364 e. The third kappa shape index (κ3) is 3.70. The Bertz CT molecular complexity index is 968. The highest BCUT2D eigenvalue weighted by molar-refractivity contribution is 7.86. The minimum atomic E-state index is -0.721. The molecular weight excluding hydrogens is 378 g/mol. The van der Waals surface area contributed by atoms with Crippen LogP contribution in [-0.4, -0.2) is 63.4 Å². The lowest BCUT2D eigenvalue weighted by Crippen LogP contribution is -2.54. The molecule has 1 amide bonds. The molecule has 1 N–H and O–H groups in total. The number of ether oxygens (including phenoxy) is 1. The molecule has 0 radical (unpaired) electrons. The van der Waals surface area contributed by atoms with E-state index in [1.807, 2.05) is 13.0 Å². The summed E-state index contributed by atoms with van der Waals surface area (Å²) in [6.45, 7) is 3.47. The van der Waals surface area contributed by atoms with Gasteiger partial charge in [0.05, 0.1) is 23.9 Å². The predicted molar refractivity (Wildman–Crippen MR) is 105 cm³/mol. The van der Waals surface area contributed by atoms with Gasteiger partial charge in [-0.1, -0.05) is 0 Å². The van der Waals surface area contributed by atoms with Gasteiger partial charge < -0.3 is 15.0 Å². The van der Waals surface area contributed by atoms with Gasteiger partial charge in [0.2, 0.25) is 0 Å². The number of amides is 1. The van der Waals surface area contributed by atoms with Gasteiger partial charge >= 0.3 is 0 Å². The Morgan fingerprint density at radius 2 is 2.07 bits per heavy atom. The third-order valence-corrected chi connectivity index (χ3v) is 6.71. The van der Waals surface area contributed by atoms with Crippen molar-refractivity contribution in [1.29, 1.82) is 5.26 Å². The number of rotatable bonds is 4. The molecule has 9 heteroatoms. The molecule has 1 aromatic carbocycles. The van der Waals surface area contributed by atoms with E-state index in [-0.39, 0.29) is 12.0 Å². The number of carbonyl (C=O) groups excluding carboxylic acids is 1. The van der Waals surface area contributed by atoms with E-state index in [0.29, 0.717) is 53.7 Å². The molecule has 28 heavy (non-hydrogen) atoms. The van der Waals surface area contributed by atoms with Crippen LogP contribution in [0.4, 0.5) is 5.69 Å². The molecule has 0 aliphatic carbocycles. The van der Waals surface area contributed by atoms with Crippen LogP contribution in [0.25, 0.3) is 11.0 Å². The Hall–Kier alpha value is -2.57. The topological polar surface area (TPSA) is 108 Å². The molecule has 2 aliphatic heterocycles. The first-order valence-corrected chi connectivity index (χ1v) is 10.7. The van der Waals surface area contributed by atoms with Crippen molar-refractivity contribution >= 4 is 33.4 Å². The Labute approximate surface area is 165 Å². The van der Waals surface area contributed by atoms with Crippen LogP contribution in [0.3, 0.4) is 0 Å². The molecule has 146 valence electrons. The van der Waals surface area contributed by atoms with E-state index >= 15 is 0 Å². The number of nitrogens with zero attached hydrogens (tertiary/aromatic N) is 4. The summed E-state index contributed by atoms with van der Waals surface area (Å²) in [6.07, 6.45) is 2.43. The van der Waals surface area contributed by atoms with Crippen LogP contribution in [0.15, 0.2) is 24.5 Å². The molecular formula is C19H21N5O3S. The van der Waals surface area contributed by atoms with Crippen molar-refractivity contribution in [3.8, 4) is 6.07 Å². The van der Waals surface area contributed by atoms with Crippen molar-refractivity contribution in [1.82, 2.24) is 15.3 Å². The zero-order chi connectivity index (χ0) is 19.7. The maximum Gasteiger partial charge on any atom is 0.251 e. The second kappa shape index (κ2) is 7.81. The first-order valence-electron chi connectivity index (χ1n) is 9.22. The molecule has 2 fully saturated rings. The Kier molecular flexibility index (Phi) is 5.24. The number of nitrogens with one attached hydrogen (secondary N) is 1. The zero-order valence-electron chi connectivity index (χ0n) is 15.5. The van der Waals surface area contributed by atoms with Crippen LogP contribution in [0.1, 0.15) is 12.5 Å². The number of nitriles is 1. The van der Waals surface area contributed by atoms with Crippen molar-refractivity contribution in [2.75, 3.05) is 36.0 Å². The van der Waals surface area contributed by atoms with Gasteiger partial charge in [-0.25, -0.2) is 0 Å². The minimum absolute atomic E-state index is 0.136. The normalized spacial score (nSPS) is 27.1. The van der Waals surface area contributed by atoms with E-state index in [4.69, 9.17) is 4.74 Å². The van der Waals surface area contributed by atoms with Gasteiger partial charge in [0.25, 0.3) is 5.91 Å². The van der Waals surface area contributed by atoms with Crippen molar-refractivity contribution < 1.29 is 13.7 Å². The highest BCUT2D eigenvalue weighted by atomic mass is 32.2. The first-order chi connectivity index (χ1) is 13.5. The van der Waals surface area contributed by atoms with Crippen molar-refractivity contribution in [2.45, 2.75) is 19.1 Å². The molecule has 1 aromatic heterocycles. The number of benzene rings is 1. The number of hydrogen-bond acceptors (Lipinski definition) is 7. The van der Waals surface area contributed by atoms with Crippen LogP contribution >= 0.6 is 0 Å². The van der Waals surface area contributed by atoms with Crippen LogP contribution in [0.2, 0.25) is 0 Å². The second-order valence-electron chi connectivity index (χ2n) is 7.22. The zero-order valence-corrected chi connectivity index (χ0v) is 16.3. The predicted octanol–water partition coefficient (Wildman–Crippen LogP) is 0.590. The number of morpholine rings is 1. The van der Waals surface area contributed by atoms with Crippen LogP contribution in [0, 0.1) is 17.2 Å². The van der Waals surface area contributed by atoms with Gasteiger partial charge in [-0.15, -0.1) is 0 Å². The van der Waals surface area contributed by atoms with Gasteiger partial charge in [0, 0.05) is 47.8 Å². The van der Waals surface area contributed by atoms with Gasteiger partial charge in [-0.3, -0.25) is 19.0 Å². The fourth-order valence-corrected chi connectivity index (χ4v) is 4.82. The summed E-state index contributed by atoms with van der Waals surface area (Å²) in [5.41, 5.74) is 2.51. The fraction of sp³-hybridized carbons (Fsp3) is 0.474. The summed E-state index contributed by atoms with van der Waals surface area (Å²) in [4.78, 5) is 23.4. The van der Waals surface area contributed by atoms with Crippen LogP contribution in [0.5, 0.6) is 0 Å². The smallest absolute Gasteiger partial charge is 0.251 e. The quantitative estimate of drug-likeness (QED) is 0.801. The number of anilines is 1. The fourth-order valence-electron chi connectivity index (χ4n) is 3.63. The number of aromatic nitrogens is 2. The van der Waals surface area contributed by atoms with Crippen molar-refractivity contribution in [3.63, 3.8) is 0 Å². The van der Waals surface area contributed by atoms with Gasteiger partial charge in [0.15, 0.2) is 6.10 Å². The maximum absolute atomic E-state index is 12.6. The summed E-state index contributed by atoms with van der Waals surface area (Å²) in [6, 6.07) is 5.73. The monoisotopic (exact) mass is 399 g/mol. The van der Waals surface area contributed by atoms with Crippen molar-refractivity contribution in [2.24, 2.45) is 5.92 Å². The van der Waals surface area contributed by atoms with E-state index in [1.54, 1.807) is 18.5 Å². The average molecular weight is 399 g/mol. The lowest BCUT2D eigenvalue weighted by Gasteiger charge is -2.38. The summed E-state index contributed by atoms with van der Waals surface area (Å²) >= 11 is 0. The molecule has 8 nitrogen and oxygen atoms in total. The molecule has 0 bridgehead atoms. The van der Waals surface area contributed by atoms with Crippen LogP contribution in [-0.2, 0) is 20.3 Å². The highest BCUT2D eigenvalue weighted by Crippen LogP contribution is 2.28.